The molecule has 0 radical (unpaired) electrons. The van der Waals surface area contributed by atoms with Crippen molar-refractivity contribution in [1.82, 2.24) is 9.55 Å². The van der Waals surface area contributed by atoms with Crippen LogP contribution < -0.4 is 10.9 Å². The minimum Gasteiger partial charge on any atom is -0.325 e. The van der Waals surface area contributed by atoms with E-state index in [-0.39, 0.29) is 17.2 Å². The number of thioether (sulfide) groups is 1. The Hall–Kier alpha value is -2.12. The van der Waals surface area contributed by atoms with Crippen molar-refractivity contribution >= 4 is 44.9 Å². The van der Waals surface area contributed by atoms with Crippen LogP contribution in [0.5, 0.6) is 0 Å². The zero-order valence-electron chi connectivity index (χ0n) is 16.4. The second-order valence-corrected chi connectivity index (χ2v) is 8.50. The van der Waals surface area contributed by atoms with Crippen molar-refractivity contribution < 1.29 is 4.79 Å². The lowest BCUT2D eigenvalue weighted by Crippen LogP contribution is -2.24. The normalized spacial score (nSPS) is 11.1. The van der Waals surface area contributed by atoms with E-state index in [1.165, 1.54) is 23.1 Å². The maximum atomic E-state index is 12.8. The van der Waals surface area contributed by atoms with Crippen molar-refractivity contribution in [1.29, 1.82) is 0 Å². The number of carbonyl (C=O) groups excluding carboxylic acids is 1. The Kier molecular flexibility index (Phi) is 6.91. The van der Waals surface area contributed by atoms with Gasteiger partial charge in [-0.25, -0.2) is 4.98 Å². The number of hydrogen-bond donors (Lipinski definition) is 1. The number of aromatic nitrogens is 2. The maximum absolute atomic E-state index is 12.8. The van der Waals surface area contributed by atoms with Crippen molar-refractivity contribution in [3.05, 3.63) is 51.1 Å². The molecule has 1 amide bonds. The van der Waals surface area contributed by atoms with Crippen LogP contribution >= 0.6 is 23.1 Å². The van der Waals surface area contributed by atoms with Gasteiger partial charge in [0.2, 0.25) is 5.91 Å². The number of nitrogens with one attached hydrogen (secondary N) is 1. The summed E-state index contributed by atoms with van der Waals surface area (Å²) < 4.78 is 2.39. The minimum absolute atomic E-state index is 0.0106. The first kappa shape index (κ1) is 20.6. The molecule has 2 heterocycles. The van der Waals surface area contributed by atoms with E-state index in [1.54, 1.807) is 4.57 Å². The molecule has 2 aromatic heterocycles. The lowest BCUT2D eigenvalue weighted by atomic mass is 10.1. The molecule has 148 valence electrons. The first-order valence-electron chi connectivity index (χ1n) is 9.54. The summed E-state index contributed by atoms with van der Waals surface area (Å²) in [5.41, 5.74) is 3.76. The summed E-state index contributed by atoms with van der Waals surface area (Å²) in [5, 5.41) is 5.53. The highest BCUT2D eigenvalue weighted by Crippen LogP contribution is 2.24. The third-order valence-electron chi connectivity index (χ3n) is 4.60. The summed E-state index contributed by atoms with van der Waals surface area (Å²) in [6.45, 7) is 6.79. The first-order chi connectivity index (χ1) is 13.5. The van der Waals surface area contributed by atoms with E-state index in [4.69, 9.17) is 0 Å². The average molecular weight is 416 g/mol. The molecule has 0 unspecified atom stereocenters. The molecular formula is C21H25N3O2S2. The predicted molar refractivity (Wildman–Crippen MR) is 119 cm³/mol. The van der Waals surface area contributed by atoms with Crippen LogP contribution in [-0.2, 0) is 17.8 Å². The van der Waals surface area contributed by atoms with Gasteiger partial charge in [-0.05, 0) is 42.3 Å². The molecule has 0 fully saturated rings. The molecule has 0 bridgehead atoms. The summed E-state index contributed by atoms with van der Waals surface area (Å²) >= 11 is 2.74. The number of unbranched alkanes of at least 4 members (excludes halogenated alkanes) is 1. The van der Waals surface area contributed by atoms with Crippen molar-refractivity contribution in [3.8, 4) is 0 Å². The standard InChI is InChI=1S/C21H25N3O2S2/c1-4-6-11-24-20(26)19-16(10-12-27-19)22-21(24)28-13-17(25)23-18-14(3)8-7-9-15(18)5-2/h7-10,12H,4-6,11,13H2,1-3H3,(H,23,25). The second kappa shape index (κ2) is 9.39. The Balaban J connectivity index is 1.79. The van der Waals surface area contributed by atoms with Crippen molar-refractivity contribution in [3.63, 3.8) is 0 Å². The van der Waals surface area contributed by atoms with Gasteiger partial charge in [0.05, 0.1) is 11.3 Å². The summed E-state index contributed by atoms with van der Waals surface area (Å²) in [6.07, 6.45) is 2.76. The number of hydrogen-bond acceptors (Lipinski definition) is 5. The number of amides is 1. The Bertz CT molecular complexity index is 1040. The number of aryl methyl sites for hydroxylation is 2. The molecule has 0 atom stereocenters. The van der Waals surface area contributed by atoms with Crippen LogP contribution in [-0.4, -0.2) is 21.2 Å². The average Bonchev–Trinajstić information content (AvgIpc) is 3.16. The van der Waals surface area contributed by atoms with Crippen LogP contribution in [0.4, 0.5) is 5.69 Å². The molecule has 5 nitrogen and oxygen atoms in total. The van der Waals surface area contributed by atoms with Gasteiger partial charge in [-0.15, -0.1) is 11.3 Å². The number of nitrogens with zero attached hydrogens (tertiary/aromatic N) is 2. The van der Waals surface area contributed by atoms with Gasteiger partial charge in [0, 0.05) is 12.2 Å². The van der Waals surface area contributed by atoms with Crippen LogP contribution in [0.3, 0.4) is 0 Å². The molecule has 0 spiro atoms. The highest BCUT2D eigenvalue weighted by atomic mass is 32.2. The van der Waals surface area contributed by atoms with Gasteiger partial charge in [-0.2, -0.15) is 0 Å². The molecule has 1 aromatic carbocycles. The third-order valence-corrected chi connectivity index (χ3v) is 6.47. The van der Waals surface area contributed by atoms with Crippen LogP contribution in [0.1, 0.15) is 37.8 Å². The zero-order valence-corrected chi connectivity index (χ0v) is 18.1. The highest BCUT2D eigenvalue weighted by molar-refractivity contribution is 7.99. The quantitative estimate of drug-likeness (QED) is 0.421. The maximum Gasteiger partial charge on any atom is 0.272 e. The third kappa shape index (κ3) is 4.47. The number of rotatable bonds is 8. The molecule has 0 aliphatic rings. The summed E-state index contributed by atoms with van der Waals surface area (Å²) in [6, 6.07) is 7.89. The van der Waals surface area contributed by atoms with E-state index >= 15 is 0 Å². The zero-order chi connectivity index (χ0) is 20.1. The van der Waals surface area contributed by atoms with Gasteiger partial charge < -0.3 is 5.32 Å². The molecule has 28 heavy (non-hydrogen) atoms. The molecular weight excluding hydrogens is 390 g/mol. The van der Waals surface area contributed by atoms with E-state index in [0.717, 1.165) is 36.1 Å². The molecule has 0 saturated carbocycles. The van der Waals surface area contributed by atoms with E-state index in [1.807, 2.05) is 36.6 Å². The van der Waals surface area contributed by atoms with E-state index in [0.29, 0.717) is 21.9 Å². The van der Waals surface area contributed by atoms with Gasteiger partial charge >= 0.3 is 0 Å². The lowest BCUT2D eigenvalue weighted by molar-refractivity contribution is -0.113. The fourth-order valence-electron chi connectivity index (χ4n) is 3.05. The summed E-state index contributed by atoms with van der Waals surface area (Å²) in [4.78, 5) is 30.0. The minimum atomic E-state index is -0.0873. The van der Waals surface area contributed by atoms with Gasteiger partial charge in [0.1, 0.15) is 4.70 Å². The van der Waals surface area contributed by atoms with Crippen LogP contribution in [0, 0.1) is 6.92 Å². The van der Waals surface area contributed by atoms with E-state index < -0.39 is 0 Å². The topological polar surface area (TPSA) is 64.0 Å². The number of benzene rings is 1. The van der Waals surface area contributed by atoms with Crippen molar-refractivity contribution in [2.24, 2.45) is 0 Å². The molecule has 1 N–H and O–H groups in total. The van der Waals surface area contributed by atoms with Crippen LogP contribution in [0.25, 0.3) is 10.2 Å². The highest BCUT2D eigenvalue weighted by Gasteiger charge is 2.15. The fraction of sp³-hybridized carbons (Fsp3) is 0.381. The van der Waals surface area contributed by atoms with E-state index in [2.05, 4.69) is 24.1 Å². The Labute approximate surface area is 173 Å². The molecule has 0 aliphatic carbocycles. The summed E-state index contributed by atoms with van der Waals surface area (Å²) in [5.74, 6) is 0.127. The molecule has 3 rings (SSSR count). The number of carbonyl (C=O) groups is 1. The number of para-hydroxylation sites is 1. The molecule has 0 saturated heterocycles. The summed E-state index contributed by atoms with van der Waals surface area (Å²) in [7, 11) is 0. The van der Waals surface area contributed by atoms with E-state index in [9.17, 15) is 9.59 Å². The predicted octanol–water partition coefficient (Wildman–Crippen LogP) is 4.86. The monoisotopic (exact) mass is 415 g/mol. The van der Waals surface area contributed by atoms with Crippen LogP contribution in [0.2, 0.25) is 0 Å². The van der Waals surface area contributed by atoms with Gasteiger partial charge in [0.15, 0.2) is 5.16 Å². The first-order valence-corrected chi connectivity index (χ1v) is 11.4. The van der Waals surface area contributed by atoms with Crippen molar-refractivity contribution in [2.45, 2.75) is 51.7 Å². The fourth-order valence-corrected chi connectivity index (χ4v) is 4.66. The van der Waals surface area contributed by atoms with Gasteiger partial charge in [0.25, 0.3) is 5.56 Å². The Morgan fingerprint density at radius 3 is 2.86 bits per heavy atom. The SMILES string of the molecule is CCCCn1c(SCC(=O)Nc2c(C)cccc2CC)nc2ccsc2c1=O. The van der Waals surface area contributed by atoms with Crippen LogP contribution in [0.15, 0.2) is 39.6 Å². The molecule has 3 aromatic rings. The molecule has 0 aliphatic heterocycles. The second-order valence-electron chi connectivity index (χ2n) is 6.64. The molecule has 7 heteroatoms. The van der Waals surface area contributed by atoms with Gasteiger partial charge in [-0.1, -0.05) is 50.2 Å². The number of fused-ring (bicyclic) bond motifs is 1. The lowest BCUT2D eigenvalue weighted by Gasteiger charge is -2.14. The number of anilines is 1. The van der Waals surface area contributed by atoms with Crippen molar-refractivity contribution in [2.75, 3.05) is 11.1 Å². The van der Waals surface area contributed by atoms with Gasteiger partial charge in [-0.3, -0.25) is 14.2 Å². The Morgan fingerprint density at radius 1 is 1.29 bits per heavy atom. The number of thiophene rings is 1. The Morgan fingerprint density at radius 2 is 2.11 bits per heavy atom. The largest absolute Gasteiger partial charge is 0.325 e. The smallest absolute Gasteiger partial charge is 0.272 e.